The summed E-state index contributed by atoms with van der Waals surface area (Å²) in [4.78, 5) is 22.8. The van der Waals surface area contributed by atoms with E-state index in [0.717, 1.165) is 12.8 Å². The summed E-state index contributed by atoms with van der Waals surface area (Å²) in [5.74, 6) is -0.578. The van der Waals surface area contributed by atoms with Crippen molar-refractivity contribution in [1.82, 2.24) is 0 Å². The molecule has 1 fully saturated rings. The maximum absolute atomic E-state index is 11.4. The summed E-state index contributed by atoms with van der Waals surface area (Å²) < 4.78 is 10.8. The first-order valence-corrected chi connectivity index (χ1v) is 12.4. The van der Waals surface area contributed by atoms with Gasteiger partial charge in [-0.3, -0.25) is 9.59 Å². The highest BCUT2D eigenvalue weighted by atomic mass is 28.3. The van der Waals surface area contributed by atoms with Crippen LogP contribution in [0.4, 0.5) is 0 Å². The van der Waals surface area contributed by atoms with Gasteiger partial charge >= 0.3 is 11.9 Å². The van der Waals surface area contributed by atoms with Gasteiger partial charge in [0.1, 0.15) is 13.2 Å². The Balaban J connectivity index is 3.32. The third-order valence-corrected chi connectivity index (χ3v) is 12.2. The van der Waals surface area contributed by atoms with Gasteiger partial charge in [0.15, 0.2) is 0 Å². The molecule has 0 aromatic rings. The molecule has 0 aromatic carbocycles. The molecule has 0 heterocycles. The molecule has 0 spiro atoms. The lowest BCUT2D eigenvalue weighted by Crippen LogP contribution is -2.35. The highest BCUT2D eigenvalue weighted by molar-refractivity contribution is 6.86. The SMILES string of the molecule is C/C=C1\CC(COC(C)=O)(COC(C)=O)C\C1=C(/C)[Si](CC)(CC)CC. The van der Waals surface area contributed by atoms with Crippen molar-refractivity contribution in [2.75, 3.05) is 13.2 Å². The molecule has 4 nitrogen and oxygen atoms in total. The van der Waals surface area contributed by atoms with Gasteiger partial charge in [-0.15, -0.1) is 0 Å². The molecule has 0 radical (unpaired) electrons. The molecule has 1 rings (SSSR count). The zero-order chi connectivity index (χ0) is 20.0. The molecule has 0 saturated heterocycles. The van der Waals surface area contributed by atoms with Gasteiger partial charge in [-0.2, -0.15) is 0 Å². The number of carbonyl (C=O) groups is 2. The van der Waals surface area contributed by atoms with Crippen LogP contribution in [0.25, 0.3) is 0 Å². The second kappa shape index (κ2) is 9.54. The highest BCUT2D eigenvalue weighted by Crippen LogP contribution is 2.49. The summed E-state index contributed by atoms with van der Waals surface area (Å²) >= 11 is 0. The lowest BCUT2D eigenvalue weighted by Gasteiger charge is -2.32. The van der Waals surface area contributed by atoms with Crippen LogP contribution < -0.4 is 0 Å². The first kappa shape index (κ1) is 22.7. The van der Waals surface area contributed by atoms with Crippen LogP contribution in [-0.4, -0.2) is 33.2 Å². The van der Waals surface area contributed by atoms with Crippen LogP contribution in [0, 0.1) is 5.41 Å². The van der Waals surface area contributed by atoms with Crippen molar-refractivity contribution < 1.29 is 19.1 Å². The zero-order valence-corrected chi connectivity index (χ0v) is 18.7. The lowest BCUT2D eigenvalue weighted by atomic mass is 9.87. The molecule has 0 aliphatic heterocycles. The maximum atomic E-state index is 11.4. The zero-order valence-electron chi connectivity index (χ0n) is 17.7. The quantitative estimate of drug-likeness (QED) is 0.429. The van der Waals surface area contributed by atoms with E-state index in [1.807, 2.05) is 0 Å². The first-order chi connectivity index (χ1) is 12.2. The minimum Gasteiger partial charge on any atom is -0.465 e. The molecular weight excluding hydrogens is 344 g/mol. The van der Waals surface area contributed by atoms with Gasteiger partial charge in [-0.25, -0.2) is 0 Å². The van der Waals surface area contributed by atoms with E-state index in [0.29, 0.717) is 13.2 Å². The Kier molecular flexibility index (Phi) is 8.32. The molecular formula is C21H36O4Si. The molecule has 26 heavy (non-hydrogen) atoms. The van der Waals surface area contributed by atoms with E-state index in [2.05, 4.69) is 40.7 Å². The number of allylic oxidation sites excluding steroid dienone is 4. The minimum atomic E-state index is -1.47. The van der Waals surface area contributed by atoms with Crippen LogP contribution in [0.15, 0.2) is 22.4 Å². The summed E-state index contributed by atoms with van der Waals surface area (Å²) in [5, 5.41) is 1.57. The molecule has 0 bridgehead atoms. The Morgan fingerprint density at radius 2 is 1.42 bits per heavy atom. The van der Waals surface area contributed by atoms with Crippen molar-refractivity contribution in [3.8, 4) is 0 Å². The molecule has 1 aliphatic rings. The average molecular weight is 381 g/mol. The monoisotopic (exact) mass is 380 g/mol. The van der Waals surface area contributed by atoms with Crippen LogP contribution >= 0.6 is 0 Å². The Morgan fingerprint density at radius 1 is 0.962 bits per heavy atom. The molecule has 0 N–H and O–H groups in total. The van der Waals surface area contributed by atoms with E-state index < -0.39 is 8.07 Å². The molecule has 1 aliphatic carbocycles. The number of esters is 2. The summed E-state index contributed by atoms with van der Waals surface area (Å²) in [7, 11) is -1.47. The van der Waals surface area contributed by atoms with Crippen molar-refractivity contribution in [3.63, 3.8) is 0 Å². The minimum absolute atomic E-state index is 0.289. The van der Waals surface area contributed by atoms with Crippen LogP contribution in [0.3, 0.4) is 0 Å². The van der Waals surface area contributed by atoms with Crippen LogP contribution in [0.5, 0.6) is 0 Å². The van der Waals surface area contributed by atoms with E-state index in [9.17, 15) is 9.59 Å². The molecule has 148 valence electrons. The normalized spacial score (nSPS) is 20.2. The number of hydrogen-bond donors (Lipinski definition) is 0. The van der Waals surface area contributed by atoms with Crippen LogP contribution in [0.2, 0.25) is 18.1 Å². The van der Waals surface area contributed by atoms with Gasteiger partial charge < -0.3 is 9.47 Å². The third-order valence-electron chi connectivity index (χ3n) is 6.30. The molecule has 0 aromatic heterocycles. The first-order valence-electron chi connectivity index (χ1n) is 9.81. The van der Waals surface area contributed by atoms with Gasteiger partial charge in [-0.1, -0.05) is 50.2 Å². The second-order valence-corrected chi connectivity index (χ2v) is 13.1. The topological polar surface area (TPSA) is 52.6 Å². The fourth-order valence-corrected chi connectivity index (χ4v) is 8.31. The fraction of sp³-hybridized carbons (Fsp3) is 0.714. The second-order valence-electron chi connectivity index (χ2n) is 7.67. The third kappa shape index (κ3) is 5.09. The van der Waals surface area contributed by atoms with Gasteiger partial charge in [0.05, 0.1) is 8.07 Å². The van der Waals surface area contributed by atoms with E-state index in [1.54, 1.807) is 5.20 Å². The van der Waals surface area contributed by atoms with E-state index in [4.69, 9.17) is 9.47 Å². The Labute approximate surface area is 160 Å². The number of rotatable bonds is 8. The molecule has 5 heteroatoms. The van der Waals surface area contributed by atoms with Gasteiger partial charge in [0, 0.05) is 19.3 Å². The summed E-state index contributed by atoms with van der Waals surface area (Å²) in [5.41, 5.74) is 2.41. The van der Waals surface area contributed by atoms with Crippen molar-refractivity contribution in [1.29, 1.82) is 0 Å². The highest BCUT2D eigenvalue weighted by Gasteiger charge is 2.44. The number of ether oxygens (including phenoxy) is 2. The van der Waals surface area contributed by atoms with Gasteiger partial charge in [0.25, 0.3) is 0 Å². The maximum Gasteiger partial charge on any atom is 0.302 e. The van der Waals surface area contributed by atoms with E-state index in [1.165, 1.54) is 43.1 Å². The van der Waals surface area contributed by atoms with E-state index >= 15 is 0 Å². The summed E-state index contributed by atoms with van der Waals surface area (Å²) in [6, 6.07) is 3.73. The van der Waals surface area contributed by atoms with Crippen molar-refractivity contribution in [2.24, 2.45) is 5.41 Å². The van der Waals surface area contributed by atoms with Crippen molar-refractivity contribution >= 4 is 20.0 Å². The van der Waals surface area contributed by atoms with Crippen molar-refractivity contribution in [3.05, 3.63) is 22.4 Å². The Bertz CT molecular complexity index is 559. The van der Waals surface area contributed by atoms with Crippen LogP contribution in [-0.2, 0) is 19.1 Å². The lowest BCUT2D eigenvalue weighted by molar-refractivity contribution is -0.150. The Morgan fingerprint density at radius 3 is 1.77 bits per heavy atom. The molecule has 0 amide bonds. The molecule has 1 saturated carbocycles. The molecule has 0 atom stereocenters. The molecule has 0 unspecified atom stereocenters. The largest absolute Gasteiger partial charge is 0.465 e. The van der Waals surface area contributed by atoms with Crippen molar-refractivity contribution in [2.45, 2.75) is 79.4 Å². The van der Waals surface area contributed by atoms with Crippen LogP contribution in [0.1, 0.15) is 61.3 Å². The van der Waals surface area contributed by atoms with Gasteiger partial charge in [-0.05, 0) is 37.8 Å². The standard InChI is InChI=1S/C21H36O4Si/c1-8-19-12-21(14-24-17(6)22,15-25-18(7)23)13-20(19)16(5)26(9-2,10-3)11-4/h8H,9-15H2,1-7H3/b19-8+,20-16-. The average Bonchev–Trinajstić information content (AvgIpc) is 2.99. The fourth-order valence-electron chi connectivity index (χ4n) is 4.33. The van der Waals surface area contributed by atoms with E-state index in [-0.39, 0.29) is 17.4 Å². The Hall–Kier alpha value is -1.36. The summed E-state index contributed by atoms with van der Waals surface area (Å²) in [6.07, 6.45) is 3.79. The van der Waals surface area contributed by atoms with Gasteiger partial charge in [0.2, 0.25) is 0 Å². The number of hydrogen-bond acceptors (Lipinski definition) is 4. The number of carbonyl (C=O) groups excluding carboxylic acids is 2. The summed E-state index contributed by atoms with van der Waals surface area (Å²) in [6.45, 7) is 14.8. The smallest absolute Gasteiger partial charge is 0.302 e. The predicted octanol–water partition coefficient (Wildman–Crippen LogP) is 5.20. The predicted molar refractivity (Wildman–Crippen MR) is 109 cm³/mol.